The van der Waals surface area contributed by atoms with Crippen molar-refractivity contribution in [1.82, 2.24) is 0 Å². The van der Waals surface area contributed by atoms with E-state index in [-0.39, 0.29) is 6.10 Å². The molecule has 0 N–H and O–H groups in total. The minimum absolute atomic E-state index is 0.0929. The molecule has 1 rings (SSSR count). The molecule has 0 aliphatic heterocycles. The minimum Gasteiger partial charge on any atom is -0.381 e. The van der Waals surface area contributed by atoms with Crippen LogP contribution in [-0.4, -0.2) is 25.2 Å². The summed E-state index contributed by atoms with van der Waals surface area (Å²) < 4.78 is 10.7. The third-order valence-corrected chi connectivity index (χ3v) is 2.71. The van der Waals surface area contributed by atoms with Crippen molar-refractivity contribution in [2.45, 2.75) is 12.7 Å². The van der Waals surface area contributed by atoms with Crippen LogP contribution in [0.5, 0.6) is 0 Å². The monoisotopic (exact) mass is 284 g/mol. The average Bonchev–Trinajstić information content (AvgIpc) is 2.35. The van der Waals surface area contributed by atoms with Crippen LogP contribution in [0.25, 0.3) is 0 Å². The van der Waals surface area contributed by atoms with Crippen LogP contribution in [0.4, 0.5) is 0 Å². The van der Waals surface area contributed by atoms with Crippen molar-refractivity contribution in [2.75, 3.05) is 19.0 Å². The van der Waals surface area contributed by atoms with E-state index in [1.807, 2.05) is 30.4 Å². The zero-order valence-corrected chi connectivity index (χ0v) is 11.0. The molecule has 0 saturated carbocycles. The number of hydrogen-bond donors (Lipinski definition) is 0. The Labute approximate surface area is 105 Å². The molecule has 0 amide bonds. The lowest BCUT2D eigenvalue weighted by Gasteiger charge is -2.11. The van der Waals surface area contributed by atoms with Gasteiger partial charge in [-0.25, -0.2) is 0 Å². The third-order valence-electron chi connectivity index (χ3n) is 2.07. The van der Waals surface area contributed by atoms with Gasteiger partial charge >= 0.3 is 0 Å². The maximum Gasteiger partial charge on any atom is 0.0857 e. The molecule has 16 heavy (non-hydrogen) atoms. The molecule has 1 aromatic carbocycles. The smallest absolute Gasteiger partial charge is 0.0857 e. The second kappa shape index (κ2) is 8.50. The quantitative estimate of drug-likeness (QED) is 0.566. The largest absolute Gasteiger partial charge is 0.381 e. The molecule has 0 spiro atoms. The fourth-order valence-corrected chi connectivity index (χ4v) is 1.64. The Hall–Kier alpha value is -0.640. The lowest BCUT2D eigenvalue weighted by atomic mass is 10.2. The maximum absolute atomic E-state index is 5.73. The van der Waals surface area contributed by atoms with Gasteiger partial charge in [-0.2, -0.15) is 0 Å². The number of hydrogen-bond acceptors (Lipinski definition) is 2. The number of rotatable bonds is 7. The Bertz CT molecular complexity index is 298. The van der Waals surface area contributed by atoms with Gasteiger partial charge in [-0.3, -0.25) is 0 Å². The van der Waals surface area contributed by atoms with Crippen LogP contribution in [0.3, 0.4) is 0 Å². The topological polar surface area (TPSA) is 18.5 Å². The SMILES string of the molecule is COC/C=C/[C@H](CBr)OCc1ccccc1. The normalized spacial score (nSPS) is 13.1. The van der Waals surface area contributed by atoms with Gasteiger partial charge in [0.1, 0.15) is 0 Å². The van der Waals surface area contributed by atoms with Crippen LogP contribution in [0, 0.1) is 0 Å². The highest BCUT2D eigenvalue weighted by Crippen LogP contribution is 2.06. The van der Waals surface area contributed by atoms with Crippen molar-refractivity contribution in [2.24, 2.45) is 0 Å². The Balaban J connectivity index is 2.34. The van der Waals surface area contributed by atoms with Crippen molar-refractivity contribution < 1.29 is 9.47 Å². The molecule has 0 aromatic heterocycles. The molecule has 1 aromatic rings. The van der Waals surface area contributed by atoms with Gasteiger partial charge in [-0.1, -0.05) is 58.4 Å². The molecular formula is C13H17BrO2. The molecule has 0 aliphatic rings. The predicted octanol–water partition coefficient (Wildman–Crippen LogP) is 3.17. The molecule has 0 radical (unpaired) electrons. The first-order valence-corrected chi connectivity index (χ1v) is 6.36. The van der Waals surface area contributed by atoms with Crippen LogP contribution in [0.2, 0.25) is 0 Å². The van der Waals surface area contributed by atoms with Crippen molar-refractivity contribution in [3.63, 3.8) is 0 Å². The zero-order chi connectivity index (χ0) is 11.6. The van der Waals surface area contributed by atoms with Crippen molar-refractivity contribution in [3.8, 4) is 0 Å². The first kappa shape index (κ1) is 13.4. The van der Waals surface area contributed by atoms with Crippen LogP contribution in [0.1, 0.15) is 5.56 Å². The molecule has 0 fully saturated rings. The van der Waals surface area contributed by atoms with Crippen molar-refractivity contribution in [3.05, 3.63) is 48.0 Å². The van der Waals surface area contributed by atoms with Crippen molar-refractivity contribution >= 4 is 15.9 Å². The summed E-state index contributed by atoms with van der Waals surface area (Å²) in [5.74, 6) is 0. The average molecular weight is 285 g/mol. The van der Waals surface area contributed by atoms with Gasteiger partial charge in [-0.05, 0) is 5.56 Å². The van der Waals surface area contributed by atoms with Crippen molar-refractivity contribution in [1.29, 1.82) is 0 Å². The molecule has 3 heteroatoms. The highest BCUT2D eigenvalue weighted by Gasteiger charge is 2.02. The fourth-order valence-electron chi connectivity index (χ4n) is 1.23. The van der Waals surface area contributed by atoms with E-state index in [0.29, 0.717) is 13.2 Å². The lowest BCUT2D eigenvalue weighted by molar-refractivity contribution is 0.0871. The van der Waals surface area contributed by atoms with Gasteiger partial charge in [0.05, 0.1) is 19.3 Å². The first-order valence-electron chi connectivity index (χ1n) is 5.24. The number of halogens is 1. The number of methoxy groups -OCH3 is 1. The third kappa shape index (κ3) is 5.45. The van der Waals surface area contributed by atoms with E-state index in [0.717, 1.165) is 5.33 Å². The summed E-state index contributed by atoms with van der Waals surface area (Å²) in [6.07, 6.45) is 4.08. The zero-order valence-electron chi connectivity index (χ0n) is 9.43. The van der Waals surface area contributed by atoms with Gasteiger partial charge in [0.25, 0.3) is 0 Å². The molecule has 0 unspecified atom stereocenters. The van der Waals surface area contributed by atoms with E-state index in [1.54, 1.807) is 7.11 Å². The molecule has 0 saturated heterocycles. The van der Waals surface area contributed by atoms with Gasteiger partial charge in [-0.15, -0.1) is 0 Å². The minimum atomic E-state index is 0.0929. The summed E-state index contributed by atoms with van der Waals surface area (Å²) in [6, 6.07) is 10.2. The van der Waals surface area contributed by atoms with E-state index in [4.69, 9.17) is 9.47 Å². The summed E-state index contributed by atoms with van der Waals surface area (Å²) in [7, 11) is 1.68. The van der Waals surface area contributed by atoms with Gasteiger partial charge < -0.3 is 9.47 Å². The summed E-state index contributed by atoms with van der Waals surface area (Å²) >= 11 is 3.42. The van der Waals surface area contributed by atoms with Crippen LogP contribution < -0.4 is 0 Å². The Morgan fingerprint density at radius 3 is 2.69 bits per heavy atom. The summed E-state index contributed by atoms with van der Waals surface area (Å²) in [4.78, 5) is 0. The number of ether oxygens (including phenoxy) is 2. The molecule has 88 valence electrons. The second-order valence-electron chi connectivity index (χ2n) is 3.37. The lowest BCUT2D eigenvalue weighted by Crippen LogP contribution is -2.11. The molecule has 2 nitrogen and oxygen atoms in total. The van der Waals surface area contributed by atoms with Crippen LogP contribution in [-0.2, 0) is 16.1 Å². The van der Waals surface area contributed by atoms with Gasteiger partial charge in [0.15, 0.2) is 0 Å². The van der Waals surface area contributed by atoms with Crippen LogP contribution in [0.15, 0.2) is 42.5 Å². The highest BCUT2D eigenvalue weighted by atomic mass is 79.9. The summed E-state index contributed by atoms with van der Waals surface area (Å²) in [6.45, 7) is 1.26. The Kier molecular flexibility index (Phi) is 7.14. The summed E-state index contributed by atoms with van der Waals surface area (Å²) in [5, 5.41) is 0.792. The second-order valence-corrected chi connectivity index (χ2v) is 4.02. The molecule has 1 atom stereocenters. The summed E-state index contributed by atoms with van der Waals surface area (Å²) in [5.41, 5.74) is 1.19. The molecule has 0 heterocycles. The molecule has 0 bridgehead atoms. The highest BCUT2D eigenvalue weighted by molar-refractivity contribution is 9.09. The number of alkyl halides is 1. The first-order chi connectivity index (χ1) is 7.86. The van der Waals surface area contributed by atoms with E-state index in [9.17, 15) is 0 Å². The van der Waals surface area contributed by atoms with Gasteiger partial charge in [0.2, 0.25) is 0 Å². The van der Waals surface area contributed by atoms with Gasteiger partial charge in [0, 0.05) is 12.4 Å². The van der Waals surface area contributed by atoms with E-state index in [1.165, 1.54) is 5.56 Å². The Morgan fingerprint density at radius 2 is 2.06 bits per heavy atom. The number of benzene rings is 1. The van der Waals surface area contributed by atoms with E-state index in [2.05, 4.69) is 28.1 Å². The molecular weight excluding hydrogens is 268 g/mol. The van der Waals surface area contributed by atoms with E-state index < -0.39 is 0 Å². The predicted molar refractivity (Wildman–Crippen MR) is 69.8 cm³/mol. The maximum atomic E-state index is 5.73. The van der Waals surface area contributed by atoms with Crippen LogP contribution >= 0.6 is 15.9 Å². The fraction of sp³-hybridized carbons (Fsp3) is 0.385. The standard InChI is InChI=1S/C13H17BrO2/c1-15-9-5-8-13(10-14)16-11-12-6-3-2-4-7-12/h2-8,13H,9-11H2,1H3/b8-5+/t13-/m1/s1. The Morgan fingerprint density at radius 1 is 1.31 bits per heavy atom. The molecule has 0 aliphatic carbocycles. The van der Waals surface area contributed by atoms with E-state index >= 15 is 0 Å².